The second-order valence-electron chi connectivity index (χ2n) is 6.52. The molecule has 11 nitrogen and oxygen atoms in total. The number of benzene rings is 2. The van der Waals surface area contributed by atoms with Crippen LogP contribution < -0.4 is 9.64 Å². The van der Waals surface area contributed by atoms with Crippen LogP contribution in [0.5, 0.6) is 5.75 Å². The summed E-state index contributed by atoms with van der Waals surface area (Å²) in [5.74, 6) is 0.0362. The summed E-state index contributed by atoms with van der Waals surface area (Å²) in [7, 11) is 0. The highest BCUT2D eigenvalue weighted by Crippen LogP contribution is 2.31. The number of fused-ring (bicyclic) bond motifs is 1. The van der Waals surface area contributed by atoms with Gasteiger partial charge in [-0.1, -0.05) is 12.1 Å². The summed E-state index contributed by atoms with van der Waals surface area (Å²) in [5, 5.41) is 18.4. The number of aromatic nitrogens is 2. The number of amides is 1. The van der Waals surface area contributed by atoms with Crippen molar-refractivity contribution in [1.29, 1.82) is 0 Å². The van der Waals surface area contributed by atoms with Gasteiger partial charge in [0.15, 0.2) is 13.2 Å². The molecule has 0 saturated carbocycles. The number of rotatable bonds is 7. The minimum absolute atomic E-state index is 0.0244. The lowest BCUT2D eigenvalue weighted by atomic mass is 10.2. The van der Waals surface area contributed by atoms with Gasteiger partial charge in [0.2, 0.25) is 5.89 Å². The molecule has 0 radical (unpaired) electrons. The summed E-state index contributed by atoms with van der Waals surface area (Å²) >= 11 is 0. The van der Waals surface area contributed by atoms with Crippen molar-refractivity contribution in [3.05, 3.63) is 64.5 Å². The van der Waals surface area contributed by atoms with Gasteiger partial charge in [-0.15, -0.1) is 10.2 Å². The zero-order valence-electron chi connectivity index (χ0n) is 16.1. The number of esters is 1. The summed E-state index contributed by atoms with van der Waals surface area (Å²) in [4.78, 5) is 35.9. The van der Waals surface area contributed by atoms with Gasteiger partial charge in [-0.3, -0.25) is 19.7 Å². The first-order chi connectivity index (χ1) is 15.0. The highest BCUT2D eigenvalue weighted by molar-refractivity contribution is 5.98. The number of ether oxygens (including phenoxy) is 2. The van der Waals surface area contributed by atoms with Crippen LogP contribution in [-0.4, -0.2) is 40.1 Å². The van der Waals surface area contributed by atoms with Crippen molar-refractivity contribution >= 4 is 23.3 Å². The fourth-order valence-corrected chi connectivity index (χ4v) is 2.97. The van der Waals surface area contributed by atoms with E-state index in [0.29, 0.717) is 17.0 Å². The maximum Gasteiger partial charge on any atom is 0.308 e. The van der Waals surface area contributed by atoms with Gasteiger partial charge in [0.25, 0.3) is 17.5 Å². The number of hydrogen-bond acceptors (Lipinski definition) is 9. The number of non-ortho nitro benzene ring substituents is 1. The molecule has 3 aromatic rings. The molecule has 0 aliphatic carbocycles. The fourth-order valence-electron chi connectivity index (χ4n) is 2.97. The Morgan fingerprint density at radius 3 is 2.71 bits per heavy atom. The summed E-state index contributed by atoms with van der Waals surface area (Å²) < 4.78 is 15.9. The van der Waals surface area contributed by atoms with Crippen LogP contribution in [0, 0.1) is 10.1 Å². The van der Waals surface area contributed by atoms with Crippen molar-refractivity contribution in [3.8, 4) is 17.2 Å². The molecule has 0 N–H and O–H groups in total. The van der Waals surface area contributed by atoms with Crippen LogP contribution in [0.25, 0.3) is 11.5 Å². The van der Waals surface area contributed by atoms with Gasteiger partial charge in [-0.2, -0.15) is 0 Å². The van der Waals surface area contributed by atoms with E-state index in [2.05, 4.69) is 10.2 Å². The van der Waals surface area contributed by atoms with Crippen molar-refractivity contribution in [1.82, 2.24) is 10.2 Å². The summed E-state index contributed by atoms with van der Waals surface area (Å²) in [5.41, 5.74) is 1.05. The zero-order valence-corrected chi connectivity index (χ0v) is 16.1. The summed E-state index contributed by atoms with van der Waals surface area (Å²) in [6.07, 6.45) is -0.0244. The molecule has 31 heavy (non-hydrogen) atoms. The predicted octanol–water partition coefficient (Wildman–Crippen LogP) is 2.50. The molecule has 0 atom stereocenters. The van der Waals surface area contributed by atoms with E-state index in [-0.39, 0.29) is 49.6 Å². The first-order valence-corrected chi connectivity index (χ1v) is 9.26. The van der Waals surface area contributed by atoms with E-state index in [0.717, 1.165) is 0 Å². The first kappa shape index (κ1) is 20.0. The normalized spacial score (nSPS) is 12.8. The van der Waals surface area contributed by atoms with E-state index >= 15 is 0 Å². The average Bonchev–Trinajstić information content (AvgIpc) is 3.26. The van der Waals surface area contributed by atoms with E-state index in [9.17, 15) is 19.7 Å². The molecule has 1 aliphatic rings. The number of carbonyl (C=O) groups is 2. The molecule has 0 spiro atoms. The Balaban J connectivity index is 1.31. The smallest absolute Gasteiger partial charge is 0.308 e. The molecule has 158 valence electrons. The molecule has 4 rings (SSSR count). The van der Waals surface area contributed by atoms with Crippen LogP contribution >= 0.6 is 0 Å². The molecule has 2 aromatic carbocycles. The molecule has 1 aliphatic heterocycles. The van der Waals surface area contributed by atoms with Crippen LogP contribution in [0.4, 0.5) is 11.4 Å². The van der Waals surface area contributed by atoms with Crippen LogP contribution in [0.15, 0.2) is 52.9 Å². The molecule has 0 saturated heterocycles. The SMILES string of the molecule is O=C(CCN1C(=O)COc2ccccc21)OCc1nnc(-c2ccc([N+](=O)[O-])cc2)o1. The topological polar surface area (TPSA) is 138 Å². The molecular weight excluding hydrogens is 408 g/mol. The quantitative estimate of drug-likeness (QED) is 0.318. The monoisotopic (exact) mass is 424 g/mol. The Labute approximate surface area is 175 Å². The molecule has 2 heterocycles. The highest BCUT2D eigenvalue weighted by Gasteiger charge is 2.25. The molecule has 0 fully saturated rings. The lowest BCUT2D eigenvalue weighted by Gasteiger charge is -2.28. The van der Waals surface area contributed by atoms with Gasteiger partial charge in [0.1, 0.15) is 5.75 Å². The van der Waals surface area contributed by atoms with Crippen LogP contribution in [0.1, 0.15) is 12.3 Å². The van der Waals surface area contributed by atoms with Gasteiger partial charge >= 0.3 is 5.97 Å². The van der Waals surface area contributed by atoms with E-state index < -0.39 is 10.9 Å². The standard InChI is InChI=1S/C20H16N4O7/c25-18-12-29-16-4-2-1-3-15(16)23(18)10-9-19(26)30-11-17-21-22-20(31-17)13-5-7-14(8-6-13)24(27)28/h1-8H,9-12H2. The lowest BCUT2D eigenvalue weighted by Crippen LogP contribution is -2.40. The van der Waals surface area contributed by atoms with E-state index in [1.807, 2.05) is 0 Å². The third-order valence-corrected chi connectivity index (χ3v) is 4.50. The van der Waals surface area contributed by atoms with E-state index in [1.54, 1.807) is 24.3 Å². The Morgan fingerprint density at radius 1 is 1.16 bits per heavy atom. The van der Waals surface area contributed by atoms with Crippen molar-refractivity contribution in [2.45, 2.75) is 13.0 Å². The zero-order chi connectivity index (χ0) is 21.8. The van der Waals surface area contributed by atoms with Gasteiger partial charge in [0.05, 0.1) is 17.0 Å². The number of hydrogen-bond donors (Lipinski definition) is 0. The minimum Gasteiger partial charge on any atom is -0.482 e. The van der Waals surface area contributed by atoms with Crippen molar-refractivity contribution < 1.29 is 28.4 Å². The number of carbonyl (C=O) groups excluding carboxylic acids is 2. The Morgan fingerprint density at radius 2 is 1.94 bits per heavy atom. The third kappa shape index (κ3) is 4.50. The molecule has 0 unspecified atom stereocenters. The van der Waals surface area contributed by atoms with Crippen LogP contribution in [-0.2, 0) is 20.9 Å². The van der Waals surface area contributed by atoms with E-state index in [1.165, 1.54) is 29.2 Å². The molecule has 0 bridgehead atoms. The highest BCUT2D eigenvalue weighted by atomic mass is 16.6. The Kier molecular flexibility index (Phi) is 5.56. The van der Waals surface area contributed by atoms with Crippen molar-refractivity contribution in [2.75, 3.05) is 18.1 Å². The number of para-hydroxylation sites is 2. The number of nitro benzene ring substituents is 1. The predicted molar refractivity (Wildman–Crippen MR) is 105 cm³/mol. The van der Waals surface area contributed by atoms with Gasteiger partial charge in [-0.05, 0) is 24.3 Å². The minimum atomic E-state index is -0.535. The van der Waals surface area contributed by atoms with Crippen molar-refractivity contribution in [3.63, 3.8) is 0 Å². The second-order valence-corrected chi connectivity index (χ2v) is 6.52. The molecular formula is C20H16N4O7. The number of nitro groups is 1. The average molecular weight is 424 g/mol. The van der Waals surface area contributed by atoms with Crippen molar-refractivity contribution in [2.24, 2.45) is 0 Å². The molecule has 1 aromatic heterocycles. The number of nitrogens with zero attached hydrogens (tertiary/aromatic N) is 4. The van der Waals surface area contributed by atoms with Gasteiger partial charge in [0, 0.05) is 24.2 Å². The lowest BCUT2D eigenvalue weighted by molar-refractivity contribution is -0.384. The first-order valence-electron chi connectivity index (χ1n) is 9.26. The van der Waals surface area contributed by atoms with Gasteiger partial charge < -0.3 is 18.8 Å². The summed E-state index contributed by atoms with van der Waals surface area (Å²) in [6.45, 7) is -0.165. The molecule has 11 heteroatoms. The van der Waals surface area contributed by atoms with Crippen LogP contribution in [0.2, 0.25) is 0 Å². The van der Waals surface area contributed by atoms with Crippen LogP contribution in [0.3, 0.4) is 0 Å². The van der Waals surface area contributed by atoms with Gasteiger partial charge in [-0.25, -0.2) is 0 Å². The molecule has 1 amide bonds. The van der Waals surface area contributed by atoms with E-state index in [4.69, 9.17) is 13.9 Å². The second kappa shape index (κ2) is 8.61. The maximum atomic E-state index is 12.1. The largest absolute Gasteiger partial charge is 0.482 e. The Hall–Kier alpha value is -4.28. The fraction of sp³-hybridized carbons (Fsp3) is 0.200. The number of anilines is 1. The third-order valence-electron chi connectivity index (χ3n) is 4.50. The summed E-state index contributed by atoms with van der Waals surface area (Å²) in [6, 6.07) is 12.7. The maximum absolute atomic E-state index is 12.1. The Bertz CT molecular complexity index is 1130.